The highest BCUT2D eigenvalue weighted by atomic mass is 19.4. The summed E-state index contributed by atoms with van der Waals surface area (Å²) in [7, 11) is 0. The number of nitriles is 1. The summed E-state index contributed by atoms with van der Waals surface area (Å²) in [6.07, 6.45) is -4.59. The van der Waals surface area contributed by atoms with Gasteiger partial charge in [0.2, 0.25) is 11.8 Å². The van der Waals surface area contributed by atoms with Crippen LogP contribution in [-0.2, 0) is 9.59 Å². The van der Waals surface area contributed by atoms with E-state index in [1.807, 2.05) is 0 Å². The number of alkyl halides is 3. The van der Waals surface area contributed by atoms with Crippen LogP contribution in [-0.4, -0.2) is 30.6 Å². The van der Waals surface area contributed by atoms with Gasteiger partial charge in [0.05, 0.1) is 29.3 Å². The summed E-state index contributed by atoms with van der Waals surface area (Å²) in [5, 5.41) is 13.0. The summed E-state index contributed by atoms with van der Waals surface area (Å²) in [5.41, 5.74) is 4.78. The largest absolute Gasteiger partial charge is 0.405 e. The molecule has 0 aliphatic carbocycles. The van der Waals surface area contributed by atoms with Gasteiger partial charge in [-0.15, -0.1) is 0 Å². The van der Waals surface area contributed by atoms with Gasteiger partial charge in [-0.3, -0.25) is 9.59 Å². The minimum absolute atomic E-state index is 0.0986. The van der Waals surface area contributed by atoms with E-state index < -0.39 is 42.3 Å². The van der Waals surface area contributed by atoms with E-state index in [4.69, 9.17) is 11.0 Å². The number of nitrogens with zero attached hydrogens (tertiary/aromatic N) is 1. The average molecular weight is 360 g/mol. The van der Waals surface area contributed by atoms with E-state index in [1.165, 1.54) is 13.8 Å². The number of benzene rings is 1. The van der Waals surface area contributed by atoms with E-state index in [-0.39, 0.29) is 16.8 Å². The molecular weight excluding hydrogens is 344 g/mol. The van der Waals surface area contributed by atoms with Crippen LogP contribution in [0, 0.1) is 17.1 Å². The number of hydrogen-bond acceptors (Lipinski definition) is 4. The predicted octanol–water partition coefficient (Wildman–Crippen LogP) is 1.77. The van der Waals surface area contributed by atoms with Gasteiger partial charge < -0.3 is 16.4 Å². The number of nitrogens with one attached hydrogen (secondary N) is 2. The first-order valence-electron chi connectivity index (χ1n) is 7.10. The van der Waals surface area contributed by atoms with Gasteiger partial charge in [-0.1, -0.05) is 0 Å². The molecule has 1 aromatic rings. The molecule has 0 spiro atoms. The molecule has 2 atom stereocenters. The van der Waals surface area contributed by atoms with Crippen molar-refractivity contribution in [1.29, 1.82) is 5.26 Å². The molecule has 0 aliphatic rings. The van der Waals surface area contributed by atoms with E-state index in [1.54, 1.807) is 11.4 Å². The Bertz CT molecular complexity index is 711. The molecule has 0 aliphatic heterocycles. The number of hydrogen-bond donors (Lipinski definition) is 3. The molecule has 0 radical (unpaired) electrons. The number of rotatable bonds is 5. The van der Waals surface area contributed by atoms with Gasteiger partial charge in [0.1, 0.15) is 12.4 Å². The van der Waals surface area contributed by atoms with Crippen LogP contribution in [0.1, 0.15) is 30.9 Å². The lowest BCUT2D eigenvalue weighted by Gasteiger charge is -2.17. The molecule has 2 amide bonds. The van der Waals surface area contributed by atoms with Crippen LogP contribution >= 0.6 is 0 Å². The first-order chi connectivity index (χ1) is 11.5. The second-order valence-corrected chi connectivity index (χ2v) is 5.36. The Kier molecular flexibility index (Phi) is 6.47. The molecule has 0 fully saturated rings. The maximum Gasteiger partial charge on any atom is 0.405 e. The fourth-order valence-corrected chi connectivity index (χ4v) is 1.87. The molecule has 1 rings (SSSR count). The Balaban J connectivity index is 3.08. The van der Waals surface area contributed by atoms with Crippen LogP contribution in [0.4, 0.5) is 23.2 Å². The van der Waals surface area contributed by atoms with Crippen molar-refractivity contribution in [1.82, 2.24) is 5.32 Å². The zero-order valence-electron chi connectivity index (χ0n) is 13.4. The van der Waals surface area contributed by atoms with Crippen molar-refractivity contribution >= 4 is 17.5 Å². The quantitative estimate of drug-likeness (QED) is 0.696. The van der Waals surface area contributed by atoms with E-state index in [0.717, 1.165) is 12.1 Å². The Morgan fingerprint density at radius 1 is 1.28 bits per heavy atom. The number of nitrogens with two attached hydrogens (primary N) is 1. The third-order valence-corrected chi connectivity index (χ3v) is 3.25. The predicted molar refractivity (Wildman–Crippen MR) is 80.9 cm³/mol. The van der Waals surface area contributed by atoms with Crippen LogP contribution in [0.3, 0.4) is 0 Å². The van der Waals surface area contributed by atoms with Crippen LogP contribution in [0.25, 0.3) is 0 Å². The Morgan fingerprint density at radius 2 is 1.88 bits per heavy atom. The van der Waals surface area contributed by atoms with Crippen LogP contribution in [0.5, 0.6) is 0 Å². The fourth-order valence-electron chi connectivity index (χ4n) is 1.87. The van der Waals surface area contributed by atoms with E-state index in [2.05, 4.69) is 5.32 Å². The molecular formula is C15H16F4N4O2. The van der Waals surface area contributed by atoms with Gasteiger partial charge in [0.25, 0.3) is 0 Å². The Labute approximate surface area is 141 Å². The normalized spacial score (nSPS) is 13.5. The zero-order chi connectivity index (χ0) is 19.4. The van der Waals surface area contributed by atoms with Crippen LogP contribution in [0.2, 0.25) is 0 Å². The monoisotopic (exact) mass is 360 g/mol. The molecule has 10 heteroatoms. The third kappa shape index (κ3) is 5.72. The highest BCUT2D eigenvalue weighted by Crippen LogP contribution is 2.26. The minimum Gasteiger partial charge on any atom is -0.346 e. The smallest absolute Gasteiger partial charge is 0.346 e. The molecule has 1 unspecified atom stereocenters. The first-order valence-corrected chi connectivity index (χ1v) is 7.10. The summed E-state index contributed by atoms with van der Waals surface area (Å²) in [5.74, 6) is -3.85. The minimum atomic E-state index is -4.59. The molecule has 0 bridgehead atoms. The first kappa shape index (κ1) is 20.4. The van der Waals surface area contributed by atoms with Crippen molar-refractivity contribution in [3.8, 4) is 6.07 Å². The molecule has 25 heavy (non-hydrogen) atoms. The highest BCUT2D eigenvalue weighted by Gasteiger charge is 2.29. The van der Waals surface area contributed by atoms with Gasteiger partial charge in [0, 0.05) is 0 Å². The van der Waals surface area contributed by atoms with Gasteiger partial charge in [-0.05, 0) is 31.5 Å². The number of carbonyl (C=O) groups excluding carboxylic acids is 2. The summed E-state index contributed by atoms with van der Waals surface area (Å²) in [4.78, 5) is 23.3. The van der Waals surface area contributed by atoms with Crippen molar-refractivity contribution in [3.05, 3.63) is 29.1 Å². The maximum absolute atomic E-state index is 14.1. The van der Waals surface area contributed by atoms with Crippen molar-refractivity contribution in [2.45, 2.75) is 32.0 Å². The molecule has 136 valence electrons. The van der Waals surface area contributed by atoms with Gasteiger partial charge >= 0.3 is 6.18 Å². The number of anilines is 1. The van der Waals surface area contributed by atoms with E-state index in [0.29, 0.717) is 0 Å². The van der Waals surface area contributed by atoms with Crippen molar-refractivity contribution in [3.63, 3.8) is 0 Å². The SMILES string of the molecule is CC(C(=O)NCC(F)(F)F)c1cc(F)c(NC(=O)[C@H](C)N)cc1C#N. The maximum atomic E-state index is 14.1. The standard InChI is InChI=1S/C15H16F4N4O2/c1-7(13(24)22-6-15(17,18)19)10-4-11(16)12(3-9(10)5-20)23-14(25)8(2)21/h3-4,7-8H,6,21H2,1-2H3,(H,22,24)(H,23,25)/t7?,8-/m0/s1. The lowest BCUT2D eigenvalue weighted by atomic mass is 9.94. The lowest BCUT2D eigenvalue weighted by molar-refractivity contribution is -0.139. The highest BCUT2D eigenvalue weighted by molar-refractivity contribution is 5.95. The zero-order valence-corrected chi connectivity index (χ0v) is 13.4. The van der Waals surface area contributed by atoms with Crippen molar-refractivity contribution in [2.24, 2.45) is 5.73 Å². The number of halogens is 4. The topological polar surface area (TPSA) is 108 Å². The molecule has 6 nitrogen and oxygen atoms in total. The molecule has 0 heterocycles. The molecule has 0 saturated heterocycles. The summed E-state index contributed by atoms with van der Waals surface area (Å²) in [6.45, 7) is 1.07. The van der Waals surface area contributed by atoms with Crippen molar-refractivity contribution in [2.75, 3.05) is 11.9 Å². The number of carbonyl (C=O) groups is 2. The molecule has 4 N–H and O–H groups in total. The molecule has 0 aromatic heterocycles. The second-order valence-electron chi connectivity index (χ2n) is 5.36. The van der Waals surface area contributed by atoms with Gasteiger partial charge in [-0.25, -0.2) is 4.39 Å². The van der Waals surface area contributed by atoms with Crippen LogP contribution < -0.4 is 16.4 Å². The summed E-state index contributed by atoms with van der Waals surface area (Å²) >= 11 is 0. The van der Waals surface area contributed by atoms with Gasteiger partial charge in [-0.2, -0.15) is 18.4 Å². The lowest BCUT2D eigenvalue weighted by Crippen LogP contribution is -2.36. The van der Waals surface area contributed by atoms with Crippen LogP contribution in [0.15, 0.2) is 12.1 Å². The third-order valence-electron chi connectivity index (χ3n) is 3.25. The summed E-state index contributed by atoms with van der Waals surface area (Å²) in [6, 6.07) is 2.63. The second kappa shape index (κ2) is 7.94. The fraction of sp³-hybridized carbons (Fsp3) is 0.400. The average Bonchev–Trinajstić information content (AvgIpc) is 2.52. The van der Waals surface area contributed by atoms with Gasteiger partial charge in [0.15, 0.2) is 0 Å². The summed E-state index contributed by atoms with van der Waals surface area (Å²) < 4.78 is 50.6. The van der Waals surface area contributed by atoms with Crippen molar-refractivity contribution < 1.29 is 27.2 Å². The van der Waals surface area contributed by atoms with E-state index in [9.17, 15) is 27.2 Å². The van der Waals surface area contributed by atoms with E-state index >= 15 is 0 Å². The Morgan fingerprint density at radius 3 is 2.36 bits per heavy atom. The molecule has 1 aromatic carbocycles. The Hall–Kier alpha value is -2.67. The number of amides is 2. The molecule has 0 saturated carbocycles.